The zero-order valence-corrected chi connectivity index (χ0v) is 14.7. The fraction of sp³-hybridized carbons (Fsp3) is 0.333. The number of nitrogens with one attached hydrogen (secondary N) is 1. The van der Waals surface area contributed by atoms with Gasteiger partial charge in [-0.1, -0.05) is 11.6 Å². The predicted molar refractivity (Wildman–Crippen MR) is 95.2 cm³/mol. The summed E-state index contributed by atoms with van der Waals surface area (Å²) in [6, 6.07) is 6.67. The number of amides is 2. The number of nitrogens with zero attached hydrogens (tertiary/aromatic N) is 1. The summed E-state index contributed by atoms with van der Waals surface area (Å²) in [5, 5.41) is 0.516. The standard InChI is InChI=1S/C18H20ClN3O3/c1-25-15-9-12(19)4-5-13(15)18(24)22-8-2-3-11(10-22)16-14(17(20)23)6-7-21-16/h4-7,9,11,21H,2-3,8,10H2,1H3,(H2,20,23). The van der Waals surface area contributed by atoms with E-state index in [-0.39, 0.29) is 11.8 Å². The van der Waals surface area contributed by atoms with Crippen LogP contribution >= 0.6 is 11.6 Å². The number of carbonyl (C=O) groups is 2. The topological polar surface area (TPSA) is 88.4 Å². The van der Waals surface area contributed by atoms with Gasteiger partial charge in [0.2, 0.25) is 0 Å². The molecule has 2 aromatic rings. The number of ether oxygens (including phenoxy) is 1. The first-order valence-corrected chi connectivity index (χ1v) is 8.49. The van der Waals surface area contributed by atoms with Gasteiger partial charge in [0, 0.05) is 35.9 Å². The highest BCUT2D eigenvalue weighted by atomic mass is 35.5. The highest BCUT2D eigenvalue weighted by Crippen LogP contribution is 2.31. The Hall–Kier alpha value is -2.47. The number of aromatic amines is 1. The summed E-state index contributed by atoms with van der Waals surface area (Å²) in [7, 11) is 1.51. The Labute approximate surface area is 150 Å². The minimum absolute atomic E-state index is 0.0495. The Kier molecular flexibility index (Phi) is 4.99. The van der Waals surface area contributed by atoms with E-state index < -0.39 is 5.91 Å². The molecule has 1 aromatic heterocycles. The molecule has 25 heavy (non-hydrogen) atoms. The number of benzene rings is 1. The largest absolute Gasteiger partial charge is 0.496 e. The van der Waals surface area contributed by atoms with Crippen molar-refractivity contribution in [3.05, 3.63) is 52.3 Å². The molecule has 0 bridgehead atoms. The number of piperidine rings is 1. The molecule has 6 nitrogen and oxygen atoms in total. The lowest BCUT2D eigenvalue weighted by molar-refractivity contribution is 0.0702. The van der Waals surface area contributed by atoms with Crippen LogP contribution in [0.15, 0.2) is 30.5 Å². The molecule has 0 radical (unpaired) electrons. The highest BCUT2D eigenvalue weighted by molar-refractivity contribution is 6.30. The number of nitrogens with two attached hydrogens (primary N) is 1. The normalized spacial score (nSPS) is 17.4. The average Bonchev–Trinajstić information content (AvgIpc) is 3.11. The summed E-state index contributed by atoms with van der Waals surface area (Å²) in [6.07, 6.45) is 3.45. The molecule has 2 amide bonds. The summed E-state index contributed by atoms with van der Waals surface area (Å²) in [6.45, 7) is 1.18. The third kappa shape index (κ3) is 3.49. The number of primary amides is 1. The Balaban J connectivity index is 1.83. The molecular formula is C18H20ClN3O3. The van der Waals surface area contributed by atoms with Crippen molar-refractivity contribution in [2.75, 3.05) is 20.2 Å². The Morgan fingerprint density at radius 2 is 2.12 bits per heavy atom. The van der Waals surface area contributed by atoms with E-state index in [0.29, 0.717) is 35.0 Å². The third-order valence-corrected chi connectivity index (χ3v) is 4.79. The van der Waals surface area contributed by atoms with Gasteiger partial charge in [-0.05, 0) is 37.1 Å². The molecule has 1 unspecified atom stereocenters. The van der Waals surface area contributed by atoms with Crippen LogP contribution in [0.5, 0.6) is 5.75 Å². The molecule has 2 heterocycles. The number of aromatic nitrogens is 1. The summed E-state index contributed by atoms with van der Waals surface area (Å²) in [5.74, 6) is -0.0599. The number of rotatable bonds is 4. The second-order valence-corrected chi connectivity index (χ2v) is 6.54. The lowest BCUT2D eigenvalue weighted by Crippen LogP contribution is -2.39. The lowest BCUT2D eigenvalue weighted by atomic mass is 9.92. The Bertz CT molecular complexity index is 803. The second kappa shape index (κ2) is 7.19. The molecule has 1 aliphatic rings. The van der Waals surface area contributed by atoms with Crippen LogP contribution in [0.1, 0.15) is 45.2 Å². The predicted octanol–water partition coefficient (Wildman–Crippen LogP) is 2.80. The first kappa shape index (κ1) is 17.4. The SMILES string of the molecule is COc1cc(Cl)ccc1C(=O)N1CCCC(c2[nH]ccc2C(N)=O)C1. The van der Waals surface area contributed by atoms with E-state index >= 15 is 0 Å². The van der Waals surface area contributed by atoms with Crippen LogP contribution < -0.4 is 10.5 Å². The molecule has 1 saturated heterocycles. The first-order chi connectivity index (χ1) is 12.0. The van der Waals surface area contributed by atoms with Crippen LogP contribution in [0, 0.1) is 0 Å². The van der Waals surface area contributed by atoms with Crippen LogP contribution in [0.2, 0.25) is 5.02 Å². The van der Waals surface area contributed by atoms with Gasteiger partial charge < -0.3 is 20.4 Å². The monoisotopic (exact) mass is 361 g/mol. The fourth-order valence-electron chi connectivity index (χ4n) is 3.34. The zero-order valence-electron chi connectivity index (χ0n) is 13.9. The highest BCUT2D eigenvalue weighted by Gasteiger charge is 2.29. The molecule has 3 N–H and O–H groups in total. The molecule has 132 valence electrons. The van der Waals surface area contributed by atoms with E-state index in [9.17, 15) is 9.59 Å². The van der Waals surface area contributed by atoms with Gasteiger partial charge in [-0.2, -0.15) is 0 Å². The van der Waals surface area contributed by atoms with E-state index in [4.69, 9.17) is 22.1 Å². The van der Waals surface area contributed by atoms with E-state index in [1.54, 1.807) is 35.4 Å². The van der Waals surface area contributed by atoms with E-state index in [1.165, 1.54) is 7.11 Å². The van der Waals surface area contributed by atoms with Crippen LogP contribution in [-0.2, 0) is 0 Å². The maximum absolute atomic E-state index is 12.9. The fourth-order valence-corrected chi connectivity index (χ4v) is 3.51. The summed E-state index contributed by atoms with van der Waals surface area (Å²) in [4.78, 5) is 29.4. The van der Waals surface area contributed by atoms with Crippen molar-refractivity contribution in [3.8, 4) is 5.75 Å². The van der Waals surface area contributed by atoms with Gasteiger partial charge in [0.15, 0.2) is 0 Å². The van der Waals surface area contributed by atoms with Crippen molar-refractivity contribution in [1.29, 1.82) is 0 Å². The Morgan fingerprint density at radius 3 is 2.84 bits per heavy atom. The number of methoxy groups -OCH3 is 1. The number of likely N-dealkylation sites (tertiary alicyclic amines) is 1. The van der Waals surface area contributed by atoms with Crippen LogP contribution in [0.3, 0.4) is 0 Å². The van der Waals surface area contributed by atoms with Crippen LogP contribution in [0.25, 0.3) is 0 Å². The minimum atomic E-state index is -0.459. The van der Waals surface area contributed by atoms with Crippen molar-refractivity contribution in [2.45, 2.75) is 18.8 Å². The van der Waals surface area contributed by atoms with Crippen LogP contribution in [-0.4, -0.2) is 41.9 Å². The molecule has 3 rings (SSSR count). The molecule has 1 aromatic carbocycles. The van der Waals surface area contributed by atoms with E-state index in [2.05, 4.69) is 4.98 Å². The van der Waals surface area contributed by atoms with Gasteiger partial charge >= 0.3 is 0 Å². The van der Waals surface area contributed by atoms with Gasteiger partial charge in [-0.25, -0.2) is 0 Å². The zero-order chi connectivity index (χ0) is 18.0. The van der Waals surface area contributed by atoms with Gasteiger partial charge in [-0.15, -0.1) is 0 Å². The summed E-state index contributed by atoms with van der Waals surface area (Å²) >= 11 is 5.97. The smallest absolute Gasteiger partial charge is 0.257 e. The summed E-state index contributed by atoms with van der Waals surface area (Å²) in [5.41, 5.74) is 7.20. The average molecular weight is 362 g/mol. The first-order valence-electron chi connectivity index (χ1n) is 8.11. The van der Waals surface area contributed by atoms with Gasteiger partial charge in [-0.3, -0.25) is 9.59 Å². The molecule has 0 spiro atoms. The van der Waals surface area contributed by atoms with Crippen molar-refractivity contribution < 1.29 is 14.3 Å². The van der Waals surface area contributed by atoms with E-state index in [0.717, 1.165) is 18.5 Å². The quantitative estimate of drug-likeness (QED) is 0.877. The maximum Gasteiger partial charge on any atom is 0.257 e. The van der Waals surface area contributed by atoms with Crippen molar-refractivity contribution in [3.63, 3.8) is 0 Å². The van der Waals surface area contributed by atoms with Crippen molar-refractivity contribution >= 4 is 23.4 Å². The third-order valence-electron chi connectivity index (χ3n) is 4.56. The molecule has 0 saturated carbocycles. The Morgan fingerprint density at radius 1 is 1.32 bits per heavy atom. The van der Waals surface area contributed by atoms with E-state index in [1.807, 2.05) is 0 Å². The second-order valence-electron chi connectivity index (χ2n) is 6.10. The lowest BCUT2D eigenvalue weighted by Gasteiger charge is -2.33. The number of hydrogen-bond acceptors (Lipinski definition) is 3. The number of carbonyl (C=O) groups excluding carboxylic acids is 2. The molecule has 1 aliphatic heterocycles. The molecule has 1 fully saturated rings. The van der Waals surface area contributed by atoms with Crippen molar-refractivity contribution in [1.82, 2.24) is 9.88 Å². The van der Waals surface area contributed by atoms with Crippen LogP contribution in [0.4, 0.5) is 0 Å². The number of halogens is 1. The summed E-state index contributed by atoms with van der Waals surface area (Å²) < 4.78 is 5.29. The molecular weight excluding hydrogens is 342 g/mol. The number of hydrogen-bond donors (Lipinski definition) is 2. The van der Waals surface area contributed by atoms with Crippen molar-refractivity contribution in [2.24, 2.45) is 5.73 Å². The molecule has 0 aliphatic carbocycles. The molecule has 1 atom stereocenters. The maximum atomic E-state index is 12.9. The van der Waals surface area contributed by atoms with Gasteiger partial charge in [0.25, 0.3) is 11.8 Å². The number of H-pyrrole nitrogens is 1. The van der Waals surface area contributed by atoms with Gasteiger partial charge in [0.05, 0.1) is 18.2 Å². The minimum Gasteiger partial charge on any atom is -0.496 e. The van der Waals surface area contributed by atoms with Gasteiger partial charge in [0.1, 0.15) is 5.75 Å². The molecule has 7 heteroatoms.